The van der Waals surface area contributed by atoms with Crippen LogP contribution in [0, 0.1) is 0 Å². The average Bonchev–Trinajstić information content (AvgIpc) is 2.90. The van der Waals surface area contributed by atoms with Gasteiger partial charge >= 0.3 is 0 Å². The maximum atomic E-state index is 13.5. The third kappa shape index (κ3) is 5.58. The molecule has 176 valence electrons. The summed E-state index contributed by atoms with van der Waals surface area (Å²) < 4.78 is 0. The van der Waals surface area contributed by atoms with Crippen LogP contribution in [0.25, 0.3) is 0 Å². The standard InChI is InChI=1S/C28H24ClN3O3/c29-23-18-16-20(17-19-23)25(26(33)30-24-14-8-3-9-15-24)31-32-27(34)28(35,21-10-4-1-5-11-21)22-12-6-2-7-13-22/h1-19,25,31,35H,(H,30,33)(H,32,34)/t25-/m1/s1. The maximum absolute atomic E-state index is 13.5. The number of hydrogen-bond acceptors (Lipinski definition) is 4. The van der Waals surface area contributed by atoms with Crippen molar-refractivity contribution in [2.75, 3.05) is 5.32 Å². The number of carbonyl (C=O) groups is 2. The number of halogens is 1. The van der Waals surface area contributed by atoms with Crippen LogP contribution in [0.1, 0.15) is 22.7 Å². The highest BCUT2D eigenvalue weighted by Crippen LogP contribution is 2.30. The Kier molecular flexibility index (Phi) is 7.57. The van der Waals surface area contributed by atoms with E-state index in [1.807, 2.05) is 18.2 Å². The molecule has 4 rings (SSSR count). The van der Waals surface area contributed by atoms with Crippen molar-refractivity contribution in [3.63, 3.8) is 0 Å². The van der Waals surface area contributed by atoms with Crippen LogP contribution < -0.4 is 16.2 Å². The van der Waals surface area contributed by atoms with Crippen LogP contribution in [-0.4, -0.2) is 16.9 Å². The van der Waals surface area contributed by atoms with E-state index in [1.165, 1.54) is 0 Å². The zero-order valence-corrected chi connectivity index (χ0v) is 19.4. The Bertz CT molecular complexity index is 1230. The second-order valence-electron chi connectivity index (χ2n) is 7.88. The predicted molar refractivity (Wildman–Crippen MR) is 136 cm³/mol. The molecule has 0 aromatic heterocycles. The maximum Gasteiger partial charge on any atom is 0.275 e. The summed E-state index contributed by atoms with van der Waals surface area (Å²) in [5.74, 6) is -1.14. The first-order chi connectivity index (χ1) is 17.0. The monoisotopic (exact) mass is 485 g/mol. The number of hydrazine groups is 1. The molecule has 0 saturated heterocycles. The van der Waals surface area contributed by atoms with E-state index in [4.69, 9.17) is 11.6 Å². The molecule has 4 N–H and O–H groups in total. The van der Waals surface area contributed by atoms with E-state index >= 15 is 0 Å². The molecule has 0 heterocycles. The summed E-state index contributed by atoms with van der Waals surface area (Å²) in [6, 6.07) is 32.0. The molecule has 2 amide bonds. The Morgan fingerprint density at radius 2 is 1.20 bits per heavy atom. The van der Waals surface area contributed by atoms with Crippen LogP contribution in [0.2, 0.25) is 5.02 Å². The molecule has 0 aliphatic rings. The lowest BCUT2D eigenvalue weighted by atomic mass is 9.85. The quantitative estimate of drug-likeness (QED) is 0.275. The number of rotatable bonds is 8. The van der Waals surface area contributed by atoms with Crippen LogP contribution in [0.3, 0.4) is 0 Å². The van der Waals surface area contributed by atoms with E-state index in [1.54, 1.807) is 97.1 Å². The smallest absolute Gasteiger partial charge is 0.275 e. The van der Waals surface area contributed by atoms with Crippen molar-refractivity contribution < 1.29 is 14.7 Å². The first-order valence-corrected chi connectivity index (χ1v) is 11.4. The van der Waals surface area contributed by atoms with E-state index < -0.39 is 23.5 Å². The fraction of sp³-hybridized carbons (Fsp3) is 0.0714. The van der Waals surface area contributed by atoms with Gasteiger partial charge in [-0.1, -0.05) is 103 Å². The summed E-state index contributed by atoms with van der Waals surface area (Å²) in [7, 11) is 0. The lowest BCUT2D eigenvalue weighted by Crippen LogP contribution is -2.53. The molecule has 6 nitrogen and oxygen atoms in total. The number of anilines is 1. The van der Waals surface area contributed by atoms with Crippen LogP contribution >= 0.6 is 11.6 Å². The molecule has 4 aromatic carbocycles. The van der Waals surface area contributed by atoms with E-state index in [0.29, 0.717) is 27.4 Å². The highest BCUT2D eigenvalue weighted by molar-refractivity contribution is 6.30. The third-order valence-corrected chi connectivity index (χ3v) is 5.80. The van der Waals surface area contributed by atoms with E-state index in [2.05, 4.69) is 16.2 Å². The highest BCUT2D eigenvalue weighted by atomic mass is 35.5. The van der Waals surface area contributed by atoms with Crippen LogP contribution in [0.4, 0.5) is 5.69 Å². The van der Waals surface area contributed by atoms with Gasteiger partial charge < -0.3 is 10.4 Å². The Hall–Kier alpha value is -3.97. The Morgan fingerprint density at radius 1 is 0.714 bits per heavy atom. The van der Waals surface area contributed by atoms with Crippen LogP contribution in [0.15, 0.2) is 115 Å². The second kappa shape index (κ2) is 11.0. The molecular weight excluding hydrogens is 462 g/mol. The number of aliphatic hydroxyl groups is 1. The number of benzene rings is 4. The van der Waals surface area contributed by atoms with Crippen molar-refractivity contribution in [3.05, 3.63) is 137 Å². The Balaban J connectivity index is 1.62. The number of hydrogen-bond donors (Lipinski definition) is 4. The first kappa shape index (κ1) is 24.2. The molecule has 7 heteroatoms. The SMILES string of the molecule is O=C(Nc1ccccc1)[C@H](NNC(=O)C(O)(c1ccccc1)c1ccccc1)c1ccc(Cl)cc1. The van der Waals surface area contributed by atoms with Crippen LogP contribution in [0.5, 0.6) is 0 Å². The number of para-hydroxylation sites is 1. The van der Waals surface area contributed by atoms with E-state index in [0.717, 1.165) is 0 Å². The summed E-state index contributed by atoms with van der Waals surface area (Å²) in [5.41, 5.74) is 5.35. The van der Waals surface area contributed by atoms with Gasteiger partial charge in [-0.05, 0) is 41.0 Å². The largest absolute Gasteiger partial charge is 0.372 e. The fourth-order valence-electron chi connectivity index (χ4n) is 3.71. The van der Waals surface area contributed by atoms with Crippen molar-refractivity contribution >= 4 is 29.1 Å². The normalized spacial score (nSPS) is 11.9. The number of amides is 2. The van der Waals surface area contributed by atoms with Gasteiger partial charge in [-0.2, -0.15) is 0 Å². The lowest BCUT2D eigenvalue weighted by Gasteiger charge is -2.29. The van der Waals surface area contributed by atoms with Gasteiger partial charge in [0.2, 0.25) is 5.91 Å². The van der Waals surface area contributed by atoms with Gasteiger partial charge in [-0.3, -0.25) is 15.0 Å². The zero-order valence-electron chi connectivity index (χ0n) is 18.7. The number of nitrogens with one attached hydrogen (secondary N) is 3. The van der Waals surface area contributed by atoms with Gasteiger partial charge in [-0.15, -0.1) is 0 Å². The molecule has 0 saturated carbocycles. The molecule has 0 bridgehead atoms. The molecule has 4 aromatic rings. The summed E-state index contributed by atoms with van der Waals surface area (Å²) in [4.78, 5) is 26.6. The van der Waals surface area contributed by atoms with Crippen molar-refractivity contribution in [2.45, 2.75) is 11.6 Å². The summed E-state index contributed by atoms with van der Waals surface area (Å²) in [5, 5.41) is 15.0. The first-order valence-electron chi connectivity index (χ1n) is 11.0. The van der Waals surface area contributed by atoms with Gasteiger partial charge in [0.05, 0.1) is 0 Å². The average molecular weight is 486 g/mol. The third-order valence-electron chi connectivity index (χ3n) is 5.55. The second-order valence-corrected chi connectivity index (χ2v) is 8.32. The van der Waals surface area contributed by atoms with Gasteiger partial charge in [0.1, 0.15) is 6.04 Å². The van der Waals surface area contributed by atoms with E-state index in [9.17, 15) is 14.7 Å². The Labute approximate surface area is 208 Å². The Morgan fingerprint density at radius 3 is 1.71 bits per heavy atom. The summed E-state index contributed by atoms with van der Waals surface area (Å²) in [6.07, 6.45) is 0. The number of carbonyl (C=O) groups excluding carboxylic acids is 2. The minimum absolute atomic E-state index is 0.391. The van der Waals surface area contributed by atoms with Crippen molar-refractivity contribution in [1.29, 1.82) is 0 Å². The molecule has 1 atom stereocenters. The molecule has 0 fully saturated rings. The van der Waals surface area contributed by atoms with Crippen molar-refractivity contribution in [2.24, 2.45) is 0 Å². The molecule has 0 spiro atoms. The predicted octanol–water partition coefficient (Wildman–Crippen LogP) is 4.58. The van der Waals surface area contributed by atoms with Crippen LogP contribution in [-0.2, 0) is 15.2 Å². The van der Waals surface area contributed by atoms with Gasteiger partial charge in [0, 0.05) is 10.7 Å². The summed E-state index contributed by atoms with van der Waals surface area (Å²) >= 11 is 6.02. The minimum atomic E-state index is -1.99. The zero-order chi connectivity index (χ0) is 24.7. The fourth-order valence-corrected chi connectivity index (χ4v) is 3.83. The molecule has 0 radical (unpaired) electrons. The van der Waals surface area contributed by atoms with Gasteiger partial charge in [0.25, 0.3) is 5.91 Å². The minimum Gasteiger partial charge on any atom is -0.372 e. The molecule has 0 aliphatic carbocycles. The molecular formula is C28H24ClN3O3. The molecule has 0 aliphatic heterocycles. The highest BCUT2D eigenvalue weighted by Gasteiger charge is 2.40. The topological polar surface area (TPSA) is 90.5 Å². The van der Waals surface area contributed by atoms with Gasteiger partial charge in [0.15, 0.2) is 5.60 Å². The van der Waals surface area contributed by atoms with Gasteiger partial charge in [-0.25, -0.2) is 5.43 Å². The van der Waals surface area contributed by atoms with Crippen molar-refractivity contribution in [1.82, 2.24) is 10.9 Å². The van der Waals surface area contributed by atoms with E-state index in [-0.39, 0.29) is 0 Å². The lowest BCUT2D eigenvalue weighted by molar-refractivity contribution is -0.138. The van der Waals surface area contributed by atoms with Crippen molar-refractivity contribution in [3.8, 4) is 0 Å². The summed E-state index contributed by atoms with van der Waals surface area (Å²) in [6.45, 7) is 0. The molecule has 35 heavy (non-hydrogen) atoms. The molecule has 0 unspecified atom stereocenters.